The summed E-state index contributed by atoms with van der Waals surface area (Å²) < 4.78 is 0. The number of aliphatic hydroxyl groups excluding tert-OH is 2. The minimum Gasteiger partial charge on any atom is -0.394 e. The molecule has 0 radical (unpaired) electrons. The number of rotatable bonds is 6. The van der Waals surface area contributed by atoms with Crippen LogP contribution < -0.4 is 5.32 Å². The van der Waals surface area contributed by atoms with E-state index in [0.717, 1.165) is 25.7 Å². The molecule has 134 valence electrons. The molecule has 0 heterocycles. The van der Waals surface area contributed by atoms with Gasteiger partial charge in [0.15, 0.2) is 0 Å². The van der Waals surface area contributed by atoms with Gasteiger partial charge in [0.2, 0.25) is 0 Å². The second-order valence-corrected chi connectivity index (χ2v) is 6.94. The fourth-order valence-electron chi connectivity index (χ4n) is 3.40. The van der Waals surface area contributed by atoms with Crippen molar-refractivity contribution in [3.8, 4) is 0 Å². The standard InChI is InChI=1S/C19H30N2O3/c1-14(13-22)21(12-15(2)23)19(24)20-18-10-8-17(9-11-18)16-6-4-3-5-7-16/h3-7,14-15,17-18,22-23H,8-13H2,1-2H3,(H,20,24)/t14-,15-,17?,18?/m0/s1. The third kappa shape index (κ3) is 5.21. The molecule has 2 amide bonds. The van der Waals surface area contributed by atoms with Crippen molar-refractivity contribution in [3.05, 3.63) is 35.9 Å². The van der Waals surface area contributed by atoms with Crippen molar-refractivity contribution in [1.29, 1.82) is 0 Å². The first-order valence-corrected chi connectivity index (χ1v) is 8.92. The topological polar surface area (TPSA) is 72.8 Å². The Kier molecular flexibility index (Phi) is 7.06. The van der Waals surface area contributed by atoms with E-state index in [1.165, 1.54) is 10.5 Å². The predicted molar refractivity (Wildman–Crippen MR) is 94.9 cm³/mol. The predicted octanol–water partition coefficient (Wildman–Crippen LogP) is 2.49. The number of urea groups is 1. The minimum absolute atomic E-state index is 0.110. The van der Waals surface area contributed by atoms with Crippen molar-refractivity contribution in [2.45, 2.75) is 63.6 Å². The average Bonchev–Trinajstić information content (AvgIpc) is 2.60. The molecule has 2 rings (SSSR count). The van der Waals surface area contributed by atoms with Crippen molar-refractivity contribution >= 4 is 6.03 Å². The number of carbonyl (C=O) groups excluding carboxylic acids is 1. The summed E-state index contributed by atoms with van der Waals surface area (Å²) in [6.45, 7) is 3.55. The van der Waals surface area contributed by atoms with Crippen molar-refractivity contribution < 1.29 is 15.0 Å². The van der Waals surface area contributed by atoms with Gasteiger partial charge in [-0.25, -0.2) is 4.79 Å². The molecule has 24 heavy (non-hydrogen) atoms. The van der Waals surface area contributed by atoms with E-state index in [-0.39, 0.29) is 31.3 Å². The van der Waals surface area contributed by atoms with Gasteiger partial charge in [0.1, 0.15) is 0 Å². The first-order chi connectivity index (χ1) is 11.5. The van der Waals surface area contributed by atoms with Crippen molar-refractivity contribution in [3.63, 3.8) is 0 Å². The Bertz CT molecular complexity index is 499. The van der Waals surface area contributed by atoms with Gasteiger partial charge in [0.05, 0.1) is 18.8 Å². The number of nitrogens with zero attached hydrogens (tertiary/aromatic N) is 1. The smallest absolute Gasteiger partial charge is 0.318 e. The quantitative estimate of drug-likeness (QED) is 0.748. The molecule has 0 unspecified atom stereocenters. The van der Waals surface area contributed by atoms with E-state index < -0.39 is 6.10 Å². The Balaban J connectivity index is 1.86. The summed E-state index contributed by atoms with van der Waals surface area (Å²) in [5.74, 6) is 0.573. The lowest BCUT2D eigenvalue weighted by Crippen LogP contribution is -2.52. The minimum atomic E-state index is -0.612. The highest BCUT2D eigenvalue weighted by atomic mass is 16.3. The van der Waals surface area contributed by atoms with Gasteiger partial charge < -0.3 is 20.4 Å². The van der Waals surface area contributed by atoms with Gasteiger partial charge in [-0.15, -0.1) is 0 Å². The van der Waals surface area contributed by atoms with Crippen LogP contribution in [-0.4, -0.2) is 52.5 Å². The van der Waals surface area contributed by atoms with Gasteiger partial charge in [-0.05, 0) is 51.0 Å². The summed E-state index contributed by atoms with van der Waals surface area (Å²) in [5, 5.41) is 22.0. The van der Waals surface area contributed by atoms with Gasteiger partial charge >= 0.3 is 6.03 Å². The normalized spacial score (nSPS) is 23.3. The number of carbonyl (C=O) groups is 1. The first kappa shape index (κ1) is 18.7. The highest BCUT2D eigenvalue weighted by Gasteiger charge is 2.27. The number of aliphatic hydroxyl groups is 2. The maximum Gasteiger partial charge on any atom is 0.318 e. The summed E-state index contributed by atoms with van der Waals surface area (Å²) >= 11 is 0. The maximum absolute atomic E-state index is 12.5. The lowest BCUT2D eigenvalue weighted by molar-refractivity contribution is 0.0914. The summed E-state index contributed by atoms with van der Waals surface area (Å²) in [7, 11) is 0. The highest BCUT2D eigenvalue weighted by Crippen LogP contribution is 2.32. The zero-order valence-electron chi connectivity index (χ0n) is 14.7. The first-order valence-electron chi connectivity index (χ1n) is 8.92. The van der Waals surface area contributed by atoms with Gasteiger partial charge in [-0.3, -0.25) is 0 Å². The molecule has 5 nitrogen and oxygen atoms in total. The fraction of sp³-hybridized carbons (Fsp3) is 0.632. The largest absolute Gasteiger partial charge is 0.394 e. The molecule has 1 aliphatic rings. The van der Waals surface area contributed by atoms with Crippen LogP contribution in [0.5, 0.6) is 0 Å². The molecule has 1 aliphatic carbocycles. The molecule has 5 heteroatoms. The van der Waals surface area contributed by atoms with Crippen LogP contribution in [0, 0.1) is 0 Å². The Labute approximate surface area is 144 Å². The number of hydrogen-bond donors (Lipinski definition) is 3. The Morgan fingerprint density at radius 2 is 1.83 bits per heavy atom. The second kappa shape index (κ2) is 9.04. The Morgan fingerprint density at radius 3 is 2.38 bits per heavy atom. The molecule has 1 saturated carbocycles. The molecule has 0 aliphatic heterocycles. The van der Waals surface area contributed by atoms with Crippen LogP contribution in [0.15, 0.2) is 30.3 Å². The molecule has 0 bridgehead atoms. The van der Waals surface area contributed by atoms with Gasteiger partial charge in [-0.2, -0.15) is 0 Å². The van der Waals surface area contributed by atoms with Crippen molar-refractivity contribution in [2.75, 3.05) is 13.2 Å². The Morgan fingerprint density at radius 1 is 1.21 bits per heavy atom. The fourth-order valence-corrected chi connectivity index (χ4v) is 3.40. The van der Waals surface area contributed by atoms with Gasteiger partial charge in [0.25, 0.3) is 0 Å². The molecule has 1 aromatic rings. The molecule has 1 fully saturated rings. The van der Waals surface area contributed by atoms with Crippen LogP contribution in [0.25, 0.3) is 0 Å². The van der Waals surface area contributed by atoms with Crippen LogP contribution in [0.3, 0.4) is 0 Å². The van der Waals surface area contributed by atoms with E-state index in [1.54, 1.807) is 13.8 Å². The number of benzene rings is 1. The van der Waals surface area contributed by atoms with Crippen LogP contribution in [0.2, 0.25) is 0 Å². The molecule has 3 N–H and O–H groups in total. The second-order valence-electron chi connectivity index (χ2n) is 6.94. The summed E-state index contributed by atoms with van der Waals surface area (Å²) in [5.41, 5.74) is 1.38. The van der Waals surface area contributed by atoms with E-state index in [4.69, 9.17) is 0 Å². The van der Waals surface area contributed by atoms with E-state index in [9.17, 15) is 15.0 Å². The number of nitrogens with one attached hydrogen (secondary N) is 1. The van der Waals surface area contributed by atoms with Crippen LogP contribution in [0.4, 0.5) is 4.79 Å². The van der Waals surface area contributed by atoms with Crippen molar-refractivity contribution in [1.82, 2.24) is 10.2 Å². The molecular formula is C19H30N2O3. The molecule has 0 saturated heterocycles. The van der Waals surface area contributed by atoms with E-state index >= 15 is 0 Å². The highest BCUT2D eigenvalue weighted by molar-refractivity contribution is 5.75. The third-order valence-electron chi connectivity index (χ3n) is 4.84. The van der Waals surface area contributed by atoms with Crippen LogP contribution in [-0.2, 0) is 0 Å². The van der Waals surface area contributed by atoms with Crippen molar-refractivity contribution in [2.24, 2.45) is 0 Å². The van der Waals surface area contributed by atoms with Crippen LogP contribution >= 0.6 is 0 Å². The molecular weight excluding hydrogens is 304 g/mol. The number of amides is 2. The molecule has 1 aromatic carbocycles. The summed E-state index contributed by atoms with van der Waals surface area (Å²) in [4.78, 5) is 14.0. The van der Waals surface area contributed by atoms with Gasteiger partial charge in [-0.1, -0.05) is 30.3 Å². The molecule has 0 spiro atoms. The SMILES string of the molecule is C[C@H](O)CN(C(=O)NC1CCC(c2ccccc2)CC1)[C@@H](C)CO. The lowest BCUT2D eigenvalue weighted by Gasteiger charge is -2.34. The molecule has 2 atom stereocenters. The number of hydrogen-bond acceptors (Lipinski definition) is 3. The van der Waals surface area contributed by atoms with Gasteiger partial charge in [0, 0.05) is 12.6 Å². The van der Waals surface area contributed by atoms with E-state index in [0.29, 0.717) is 5.92 Å². The Hall–Kier alpha value is -1.59. The van der Waals surface area contributed by atoms with E-state index in [1.807, 2.05) is 6.07 Å². The maximum atomic E-state index is 12.5. The van der Waals surface area contributed by atoms with E-state index in [2.05, 4.69) is 29.6 Å². The zero-order valence-corrected chi connectivity index (χ0v) is 14.7. The van der Waals surface area contributed by atoms with Crippen LogP contribution in [0.1, 0.15) is 51.0 Å². The average molecular weight is 334 g/mol. The zero-order chi connectivity index (χ0) is 17.5. The summed E-state index contributed by atoms with van der Waals surface area (Å²) in [6.07, 6.45) is 3.45. The molecule has 0 aromatic heterocycles. The summed E-state index contributed by atoms with van der Waals surface area (Å²) in [6, 6.07) is 10.2. The monoisotopic (exact) mass is 334 g/mol. The third-order valence-corrected chi connectivity index (χ3v) is 4.84. The lowest BCUT2D eigenvalue weighted by atomic mass is 9.82.